The molecule has 4 heterocycles. The fraction of sp³-hybridized carbons (Fsp3) is 0.211. The number of carbonyl (C=O) groups excluding carboxylic acids is 3. The Morgan fingerprint density at radius 2 is 2.00 bits per heavy atom. The van der Waals surface area contributed by atoms with Crippen molar-refractivity contribution >= 4 is 35.0 Å². The number of amides is 3. The molecule has 28 heavy (non-hydrogen) atoms. The smallest absolute Gasteiger partial charge is 0.255 e. The topological polar surface area (TPSA) is 96.7 Å². The van der Waals surface area contributed by atoms with Gasteiger partial charge in [0.05, 0.1) is 6.20 Å². The first-order valence-corrected chi connectivity index (χ1v) is 9.17. The number of carbonyl (C=O) groups is 3. The molecule has 2 aromatic heterocycles. The minimum atomic E-state index is -0.626. The molecule has 1 atom stereocenters. The van der Waals surface area contributed by atoms with E-state index in [2.05, 4.69) is 15.4 Å². The fourth-order valence-corrected chi connectivity index (χ4v) is 3.93. The van der Waals surface area contributed by atoms with E-state index in [0.717, 1.165) is 16.7 Å². The molecule has 1 fully saturated rings. The highest BCUT2D eigenvalue weighted by molar-refractivity contribution is 6.29. The third-order valence-corrected chi connectivity index (χ3v) is 5.38. The van der Waals surface area contributed by atoms with Crippen molar-refractivity contribution in [2.75, 3.05) is 0 Å². The lowest BCUT2D eigenvalue weighted by Gasteiger charge is -2.29. The molecule has 2 aliphatic rings. The first-order chi connectivity index (χ1) is 13.5. The van der Waals surface area contributed by atoms with Crippen LogP contribution in [0.15, 0.2) is 36.7 Å². The summed E-state index contributed by atoms with van der Waals surface area (Å²) in [6, 6.07) is 6.54. The highest BCUT2D eigenvalue weighted by Gasteiger charge is 2.39. The van der Waals surface area contributed by atoms with E-state index in [9.17, 15) is 14.4 Å². The van der Waals surface area contributed by atoms with Crippen LogP contribution >= 0.6 is 11.6 Å². The summed E-state index contributed by atoms with van der Waals surface area (Å²) in [6.07, 6.45) is 4.01. The van der Waals surface area contributed by atoms with Crippen LogP contribution in [-0.4, -0.2) is 43.3 Å². The van der Waals surface area contributed by atoms with Gasteiger partial charge in [-0.3, -0.25) is 19.7 Å². The van der Waals surface area contributed by atoms with Crippen LogP contribution in [0.1, 0.15) is 28.8 Å². The zero-order valence-corrected chi connectivity index (χ0v) is 15.3. The number of aromatic nitrogens is 3. The molecule has 9 heteroatoms. The third-order valence-electron chi connectivity index (χ3n) is 5.17. The molecule has 1 unspecified atom stereocenters. The molecule has 3 aromatic rings. The number of piperidine rings is 1. The van der Waals surface area contributed by atoms with Crippen molar-refractivity contribution in [3.05, 3.63) is 52.9 Å². The van der Waals surface area contributed by atoms with Crippen LogP contribution in [0.25, 0.3) is 16.8 Å². The number of fused-ring (bicyclic) bond motifs is 2. The maximum Gasteiger partial charge on any atom is 0.255 e. The first-order valence-electron chi connectivity index (χ1n) is 8.79. The van der Waals surface area contributed by atoms with Gasteiger partial charge in [-0.1, -0.05) is 17.7 Å². The van der Waals surface area contributed by atoms with Crippen LogP contribution in [0.3, 0.4) is 0 Å². The van der Waals surface area contributed by atoms with Crippen molar-refractivity contribution in [3.8, 4) is 11.1 Å². The zero-order chi connectivity index (χ0) is 19.4. The number of halogens is 1. The summed E-state index contributed by atoms with van der Waals surface area (Å²) in [5.74, 6) is -0.914. The zero-order valence-electron chi connectivity index (χ0n) is 14.6. The van der Waals surface area contributed by atoms with Crippen LogP contribution in [0, 0.1) is 0 Å². The molecular formula is C19H14ClN5O3. The molecule has 140 valence electrons. The SMILES string of the molecule is O=C1CCC(N2Cc3cc(-c4cnn5ccc(Cl)nc45)ccc3C2=O)C(=O)N1. The van der Waals surface area contributed by atoms with E-state index in [1.807, 2.05) is 12.1 Å². The monoisotopic (exact) mass is 395 g/mol. The van der Waals surface area contributed by atoms with Gasteiger partial charge in [-0.05, 0) is 35.7 Å². The summed E-state index contributed by atoms with van der Waals surface area (Å²) in [5, 5.41) is 6.96. The van der Waals surface area contributed by atoms with E-state index in [4.69, 9.17) is 11.6 Å². The molecule has 1 saturated heterocycles. The molecule has 2 aliphatic heterocycles. The van der Waals surface area contributed by atoms with Crippen LogP contribution < -0.4 is 5.32 Å². The lowest BCUT2D eigenvalue weighted by Crippen LogP contribution is -2.52. The molecule has 0 bridgehead atoms. The van der Waals surface area contributed by atoms with Crippen LogP contribution in [0.2, 0.25) is 5.15 Å². The standard InChI is InChI=1S/C19H14ClN5O3/c20-15-5-6-25-17(22-15)13(8-21-25)10-1-2-12-11(7-10)9-24(19(12)28)14-3-4-16(26)23-18(14)27/h1-2,5-8,14H,3-4,9H2,(H,23,26,27). The summed E-state index contributed by atoms with van der Waals surface area (Å²) in [5.41, 5.74) is 3.68. The number of imide groups is 1. The fourth-order valence-electron chi connectivity index (χ4n) is 3.79. The van der Waals surface area contributed by atoms with Crippen molar-refractivity contribution < 1.29 is 14.4 Å². The predicted molar refractivity (Wildman–Crippen MR) is 99.5 cm³/mol. The van der Waals surface area contributed by atoms with Crippen molar-refractivity contribution in [1.29, 1.82) is 0 Å². The molecule has 0 saturated carbocycles. The third kappa shape index (κ3) is 2.56. The Morgan fingerprint density at radius 1 is 1.14 bits per heavy atom. The lowest BCUT2D eigenvalue weighted by molar-refractivity contribution is -0.136. The number of benzene rings is 1. The highest BCUT2D eigenvalue weighted by atomic mass is 35.5. The van der Waals surface area contributed by atoms with Crippen molar-refractivity contribution in [3.63, 3.8) is 0 Å². The Morgan fingerprint density at radius 3 is 2.82 bits per heavy atom. The van der Waals surface area contributed by atoms with E-state index in [-0.39, 0.29) is 18.2 Å². The van der Waals surface area contributed by atoms with Gasteiger partial charge in [-0.2, -0.15) is 5.10 Å². The Balaban J connectivity index is 1.50. The molecule has 0 spiro atoms. The van der Waals surface area contributed by atoms with Crippen LogP contribution in [0.5, 0.6) is 0 Å². The minimum Gasteiger partial charge on any atom is -0.322 e. The normalized spacial score (nSPS) is 19.2. The molecule has 0 radical (unpaired) electrons. The molecule has 3 amide bonds. The van der Waals surface area contributed by atoms with Crippen molar-refractivity contribution in [2.45, 2.75) is 25.4 Å². The maximum atomic E-state index is 12.8. The molecule has 1 aromatic carbocycles. The molecule has 8 nitrogen and oxygen atoms in total. The molecule has 1 N–H and O–H groups in total. The number of rotatable bonds is 2. The second kappa shape index (κ2) is 6.13. The quantitative estimate of drug-likeness (QED) is 0.527. The van der Waals surface area contributed by atoms with Gasteiger partial charge >= 0.3 is 0 Å². The van der Waals surface area contributed by atoms with E-state index in [1.165, 1.54) is 4.90 Å². The van der Waals surface area contributed by atoms with Gasteiger partial charge in [-0.15, -0.1) is 0 Å². The van der Waals surface area contributed by atoms with Crippen LogP contribution in [-0.2, 0) is 16.1 Å². The minimum absolute atomic E-state index is 0.197. The number of hydrogen-bond acceptors (Lipinski definition) is 5. The summed E-state index contributed by atoms with van der Waals surface area (Å²) in [7, 11) is 0. The number of nitrogens with zero attached hydrogens (tertiary/aromatic N) is 4. The summed E-state index contributed by atoms with van der Waals surface area (Å²) < 4.78 is 1.63. The average molecular weight is 396 g/mol. The van der Waals surface area contributed by atoms with Crippen molar-refractivity contribution in [1.82, 2.24) is 24.8 Å². The summed E-state index contributed by atoms with van der Waals surface area (Å²) in [4.78, 5) is 42.2. The Labute approximate surface area is 164 Å². The predicted octanol–water partition coefficient (Wildman–Crippen LogP) is 1.81. The van der Waals surface area contributed by atoms with E-state index >= 15 is 0 Å². The summed E-state index contributed by atoms with van der Waals surface area (Å²) >= 11 is 6.01. The lowest BCUT2D eigenvalue weighted by atomic mass is 10.0. The van der Waals surface area contributed by atoms with E-state index in [1.54, 1.807) is 29.0 Å². The van der Waals surface area contributed by atoms with Crippen LogP contribution in [0.4, 0.5) is 0 Å². The van der Waals surface area contributed by atoms with Crippen molar-refractivity contribution in [2.24, 2.45) is 0 Å². The number of nitrogens with one attached hydrogen (secondary N) is 1. The first kappa shape index (κ1) is 16.9. The van der Waals surface area contributed by atoms with E-state index in [0.29, 0.717) is 29.3 Å². The highest BCUT2D eigenvalue weighted by Crippen LogP contribution is 2.32. The Bertz CT molecular complexity index is 1170. The molecular weight excluding hydrogens is 382 g/mol. The Kier molecular flexibility index (Phi) is 3.70. The van der Waals surface area contributed by atoms with Gasteiger partial charge in [0.25, 0.3) is 5.91 Å². The van der Waals surface area contributed by atoms with Gasteiger partial charge < -0.3 is 4.90 Å². The van der Waals surface area contributed by atoms with Gasteiger partial charge in [0.2, 0.25) is 11.8 Å². The average Bonchev–Trinajstić information content (AvgIpc) is 3.22. The van der Waals surface area contributed by atoms with Gasteiger partial charge in [0.15, 0.2) is 5.65 Å². The second-order valence-corrected chi connectivity index (χ2v) is 7.24. The maximum absolute atomic E-state index is 12.8. The largest absolute Gasteiger partial charge is 0.322 e. The van der Waals surface area contributed by atoms with E-state index < -0.39 is 11.9 Å². The molecule has 5 rings (SSSR count). The summed E-state index contributed by atoms with van der Waals surface area (Å²) in [6.45, 7) is 0.321. The second-order valence-electron chi connectivity index (χ2n) is 6.85. The van der Waals surface area contributed by atoms with Gasteiger partial charge in [-0.25, -0.2) is 9.50 Å². The molecule has 0 aliphatic carbocycles. The Hall–Kier alpha value is -3.26. The van der Waals surface area contributed by atoms with Gasteiger partial charge in [0.1, 0.15) is 11.2 Å². The number of hydrogen-bond donors (Lipinski definition) is 1. The van der Waals surface area contributed by atoms with Gasteiger partial charge in [0, 0.05) is 30.3 Å².